The molecule has 3 atom stereocenters. The molecule has 2 amide bonds. The molecule has 3 rings (SSSR count). The van der Waals surface area contributed by atoms with Gasteiger partial charge in [0.15, 0.2) is 0 Å². The van der Waals surface area contributed by atoms with Crippen LogP contribution in [0.5, 0.6) is 0 Å². The number of esters is 1. The summed E-state index contributed by atoms with van der Waals surface area (Å²) in [6.07, 6.45) is 7.29. The van der Waals surface area contributed by atoms with Crippen LogP contribution >= 0.6 is 0 Å². The monoisotopic (exact) mass is 546 g/mol. The first kappa shape index (κ1) is 30.8. The van der Waals surface area contributed by atoms with Crippen molar-refractivity contribution >= 4 is 17.8 Å². The molecule has 3 N–H and O–H groups in total. The third-order valence-corrected chi connectivity index (χ3v) is 7.52. The Balaban J connectivity index is 1.66. The summed E-state index contributed by atoms with van der Waals surface area (Å²) in [6.45, 7) is 7.51. The van der Waals surface area contributed by atoms with E-state index in [1.807, 2.05) is 60.7 Å². The fourth-order valence-corrected chi connectivity index (χ4v) is 5.26. The number of hydrogen-bond donors (Lipinski definition) is 3. The number of aliphatic hydroxyl groups is 1. The third kappa shape index (κ3) is 9.19. The van der Waals surface area contributed by atoms with Crippen molar-refractivity contribution in [2.45, 2.75) is 63.0 Å². The van der Waals surface area contributed by atoms with Gasteiger partial charge in [-0.2, -0.15) is 0 Å². The standard InChI is InChI=1S/C33H42N2O5/c1-3-13-27(22-30(37)35-33(24-36)19-11-12-20-33)31(38)34-23-29(26-17-9-6-10-18-26)40-32(39)28(14-4-2)21-25-15-7-5-8-16-25/h3-10,15-18,27-29,36H,1-2,11-14,19-24H2,(H,34,38)(H,35,37). The molecule has 0 spiro atoms. The summed E-state index contributed by atoms with van der Waals surface area (Å²) in [4.78, 5) is 39.3. The highest BCUT2D eigenvalue weighted by Gasteiger charge is 2.35. The fraction of sp³-hybridized carbons (Fsp3) is 0.424. The first-order valence-electron chi connectivity index (χ1n) is 14.1. The number of carbonyl (C=O) groups is 3. The maximum absolute atomic E-state index is 13.3. The molecule has 1 aliphatic carbocycles. The molecule has 2 aromatic rings. The van der Waals surface area contributed by atoms with Crippen LogP contribution in [0.25, 0.3) is 0 Å². The number of aliphatic hydroxyl groups excluding tert-OH is 1. The number of benzene rings is 2. The molecule has 1 fully saturated rings. The van der Waals surface area contributed by atoms with E-state index in [9.17, 15) is 19.5 Å². The number of ether oxygens (including phenoxy) is 1. The van der Waals surface area contributed by atoms with Crippen LogP contribution in [0.2, 0.25) is 0 Å². The lowest BCUT2D eigenvalue weighted by molar-refractivity contribution is -0.154. The van der Waals surface area contributed by atoms with Crippen LogP contribution in [0.15, 0.2) is 86.0 Å². The first-order valence-corrected chi connectivity index (χ1v) is 14.1. The lowest BCUT2D eigenvalue weighted by Crippen LogP contribution is -2.50. The maximum Gasteiger partial charge on any atom is 0.310 e. The van der Waals surface area contributed by atoms with Crippen LogP contribution < -0.4 is 10.6 Å². The number of nitrogens with one attached hydrogen (secondary N) is 2. The Morgan fingerprint density at radius 2 is 1.52 bits per heavy atom. The van der Waals surface area contributed by atoms with Crippen LogP contribution in [-0.4, -0.2) is 41.6 Å². The zero-order valence-electron chi connectivity index (χ0n) is 23.2. The number of allylic oxidation sites excluding steroid dienone is 2. The molecule has 214 valence electrons. The van der Waals surface area contributed by atoms with E-state index in [-0.39, 0.29) is 37.4 Å². The van der Waals surface area contributed by atoms with Crippen LogP contribution in [-0.2, 0) is 25.5 Å². The number of rotatable bonds is 16. The SMILES string of the molecule is C=CCC(CC(=O)NC1(CO)CCCC1)C(=O)NCC(OC(=O)C(CC=C)Cc1ccccc1)c1ccccc1. The number of amides is 2. The van der Waals surface area contributed by atoms with Crippen LogP contribution in [0.1, 0.15) is 62.2 Å². The lowest BCUT2D eigenvalue weighted by Gasteiger charge is -2.29. The van der Waals surface area contributed by atoms with Gasteiger partial charge >= 0.3 is 5.97 Å². The second kappa shape index (κ2) is 15.8. The van der Waals surface area contributed by atoms with E-state index in [4.69, 9.17) is 4.74 Å². The Kier molecular flexibility index (Phi) is 12.2. The highest BCUT2D eigenvalue weighted by molar-refractivity contribution is 5.86. The third-order valence-electron chi connectivity index (χ3n) is 7.52. The Morgan fingerprint density at radius 1 is 0.925 bits per heavy atom. The lowest BCUT2D eigenvalue weighted by atomic mass is 9.95. The largest absolute Gasteiger partial charge is 0.455 e. The van der Waals surface area contributed by atoms with Gasteiger partial charge in [-0.1, -0.05) is 85.7 Å². The maximum atomic E-state index is 13.3. The molecular formula is C33H42N2O5. The van der Waals surface area contributed by atoms with E-state index in [2.05, 4.69) is 23.8 Å². The minimum atomic E-state index is -0.699. The molecule has 1 saturated carbocycles. The summed E-state index contributed by atoms with van der Waals surface area (Å²) in [5.74, 6) is -1.98. The van der Waals surface area contributed by atoms with E-state index >= 15 is 0 Å². The van der Waals surface area contributed by atoms with Crippen molar-refractivity contribution in [3.63, 3.8) is 0 Å². The topological polar surface area (TPSA) is 105 Å². The van der Waals surface area contributed by atoms with Crippen molar-refractivity contribution in [1.29, 1.82) is 0 Å². The second-order valence-electron chi connectivity index (χ2n) is 10.6. The number of carbonyl (C=O) groups excluding carboxylic acids is 3. The highest BCUT2D eigenvalue weighted by atomic mass is 16.5. The molecule has 40 heavy (non-hydrogen) atoms. The Morgan fingerprint density at radius 3 is 2.12 bits per heavy atom. The zero-order chi connectivity index (χ0) is 28.8. The molecule has 1 aliphatic rings. The van der Waals surface area contributed by atoms with E-state index in [0.29, 0.717) is 19.3 Å². The fourth-order valence-electron chi connectivity index (χ4n) is 5.26. The van der Waals surface area contributed by atoms with Crippen molar-refractivity contribution in [3.8, 4) is 0 Å². The molecule has 2 aromatic carbocycles. The van der Waals surface area contributed by atoms with E-state index < -0.39 is 23.5 Å². The minimum absolute atomic E-state index is 0.0200. The molecule has 7 heteroatoms. The highest BCUT2D eigenvalue weighted by Crippen LogP contribution is 2.29. The summed E-state index contributed by atoms with van der Waals surface area (Å²) in [5.41, 5.74) is 1.19. The summed E-state index contributed by atoms with van der Waals surface area (Å²) < 4.78 is 5.98. The van der Waals surface area contributed by atoms with Gasteiger partial charge in [-0.25, -0.2) is 0 Å². The van der Waals surface area contributed by atoms with E-state index in [1.165, 1.54) is 0 Å². The van der Waals surface area contributed by atoms with Crippen molar-refractivity contribution in [2.24, 2.45) is 11.8 Å². The van der Waals surface area contributed by atoms with Gasteiger partial charge in [0.25, 0.3) is 0 Å². The van der Waals surface area contributed by atoms with Gasteiger partial charge in [0, 0.05) is 6.42 Å². The molecule has 0 heterocycles. The average molecular weight is 547 g/mol. The summed E-state index contributed by atoms with van der Waals surface area (Å²) in [7, 11) is 0. The second-order valence-corrected chi connectivity index (χ2v) is 10.6. The molecule has 0 bridgehead atoms. The molecule has 0 aliphatic heterocycles. The smallest absolute Gasteiger partial charge is 0.310 e. The molecule has 7 nitrogen and oxygen atoms in total. The molecule has 0 aromatic heterocycles. The van der Waals surface area contributed by atoms with Gasteiger partial charge in [0.05, 0.1) is 30.5 Å². The predicted octanol–water partition coefficient (Wildman–Crippen LogP) is 4.83. The summed E-state index contributed by atoms with van der Waals surface area (Å²) >= 11 is 0. The zero-order valence-corrected chi connectivity index (χ0v) is 23.2. The normalized spacial score (nSPS) is 16.2. The van der Waals surface area contributed by atoms with Gasteiger partial charge < -0.3 is 20.5 Å². The molecule has 3 unspecified atom stereocenters. The van der Waals surface area contributed by atoms with Gasteiger partial charge in [-0.3, -0.25) is 14.4 Å². The first-order chi connectivity index (χ1) is 19.4. The molecule has 0 saturated heterocycles. The predicted molar refractivity (Wildman–Crippen MR) is 156 cm³/mol. The van der Waals surface area contributed by atoms with Gasteiger partial charge in [-0.15, -0.1) is 13.2 Å². The van der Waals surface area contributed by atoms with Crippen LogP contribution in [0.4, 0.5) is 0 Å². The minimum Gasteiger partial charge on any atom is -0.455 e. The molecule has 0 radical (unpaired) electrons. The Hall–Kier alpha value is -3.71. The Labute approximate surface area is 237 Å². The number of hydrogen-bond acceptors (Lipinski definition) is 5. The van der Waals surface area contributed by atoms with Gasteiger partial charge in [0.1, 0.15) is 6.10 Å². The Bertz CT molecular complexity index is 1110. The van der Waals surface area contributed by atoms with Gasteiger partial charge in [-0.05, 0) is 43.2 Å². The van der Waals surface area contributed by atoms with E-state index in [0.717, 1.165) is 36.8 Å². The van der Waals surface area contributed by atoms with Crippen molar-refractivity contribution in [1.82, 2.24) is 10.6 Å². The van der Waals surface area contributed by atoms with Crippen LogP contribution in [0.3, 0.4) is 0 Å². The van der Waals surface area contributed by atoms with Crippen molar-refractivity contribution in [2.75, 3.05) is 13.2 Å². The summed E-state index contributed by atoms with van der Waals surface area (Å²) in [6, 6.07) is 19.0. The molecular weight excluding hydrogens is 504 g/mol. The quantitative estimate of drug-likeness (QED) is 0.207. The van der Waals surface area contributed by atoms with E-state index in [1.54, 1.807) is 12.2 Å². The summed E-state index contributed by atoms with van der Waals surface area (Å²) in [5, 5.41) is 15.7. The van der Waals surface area contributed by atoms with Crippen molar-refractivity contribution in [3.05, 3.63) is 97.1 Å². The van der Waals surface area contributed by atoms with Crippen LogP contribution in [0, 0.1) is 11.8 Å². The van der Waals surface area contributed by atoms with Gasteiger partial charge in [0.2, 0.25) is 11.8 Å². The van der Waals surface area contributed by atoms with Crippen molar-refractivity contribution < 1.29 is 24.2 Å². The average Bonchev–Trinajstić information content (AvgIpc) is 3.44.